The topological polar surface area (TPSA) is 43.4 Å². The average Bonchev–Trinajstić information content (AvgIpc) is 2.29. The van der Waals surface area contributed by atoms with E-state index in [0.717, 1.165) is 18.4 Å². The minimum absolute atomic E-state index is 0.0335. The lowest BCUT2D eigenvalue weighted by Crippen LogP contribution is -1.99. The number of benzene rings is 1. The highest BCUT2D eigenvalue weighted by Crippen LogP contribution is 2.10. The summed E-state index contributed by atoms with van der Waals surface area (Å²) in [6, 6.07) is 7.49. The number of rotatable bonds is 8. The van der Waals surface area contributed by atoms with Crippen molar-refractivity contribution in [3.05, 3.63) is 34.9 Å². The molecule has 0 unspecified atom stereocenters. The van der Waals surface area contributed by atoms with E-state index < -0.39 is 9.05 Å². The van der Waals surface area contributed by atoms with Crippen LogP contribution in [0.4, 0.5) is 0 Å². The molecule has 1 aromatic carbocycles. The quantitative estimate of drug-likeness (QED) is 0.544. The molecule has 3 nitrogen and oxygen atoms in total. The van der Waals surface area contributed by atoms with E-state index in [1.165, 1.54) is 0 Å². The lowest BCUT2D eigenvalue weighted by atomic mass is 10.2. The van der Waals surface area contributed by atoms with Gasteiger partial charge >= 0.3 is 0 Å². The largest absolute Gasteiger partial charge is 0.377 e. The standard InChI is InChI=1S/C12H16Cl2O3S/c13-12-6-4-11(5-7-12)10-17-8-2-1-3-9-18(14,15)16/h4-7H,1-3,8-10H2. The Morgan fingerprint density at radius 2 is 1.72 bits per heavy atom. The highest BCUT2D eigenvalue weighted by atomic mass is 35.7. The zero-order valence-electron chi connectivity index (χ0n) is 9.94. The summed E-state index contributed by atoms with van der Waals surface area (Å²) in [6.07, 6.45) is 2.21. The molecule has 0 heterocycles. The van der Waals surface area contributed by atoms with Crippen molar-refractivity contribution in [1.29, 1.82) is 0 Å². The van der Waals surface area contributed by atoms with E-state index in [2.05, 4.69) is 0 Å². The number of unbranched alkanes of at least 4 members (excludes halogenated alkanes) is 2. The Balaban J connectivity index is 2.04. The molecule has 1 aromatic rings. The van der Waals surface area contributed by atoms with Gasteiger partial charge in [-0.05, 0) is 30.5 Å². The molecular formula is C12H16Cl2O3S. The molecule has 0 spiro atoms. The van der Waals surface area contributed by atoms with Crippen LogP contribution in [0.15, 0.2) is 24.3 Å². The molecule has 0 N–H and O–H groups in total. The Labute approximate surface area is 117 Å². The molecule has 0 amide bonds. The molecule has 0 atom stereocenters. The van der Waals surface area contributed by atoms with Crippen LogP contribution < -0.4 is 0 Å². The maximum Gasteiger partial charge on any atom is 0.232 e. The van der Waals surface area contributed by atoms with E-state index in [4.69, 9.17) is 27.0 Å². The van der Waals surface area contributed by atoms with E-state index >= 15 is 0 Å². The Hall–Kier alpha value is -0.290. The summed E-state index contributed by atoms with van der Waals surface area (Å²) < 4.78 is 26.8. The highest BCUT2D eigenvalue weighted by Gasteiger charge is 2.03. The van der Waals surface area contributed by atoms with Gasteiger partial charge in [0.05, 0.1) is 12.4 Å². The Bertz CT molecular complexity index is 443. The molecule has 0 fully saturated rings. The normalized spacial score (nSPS) is 11.7. The van der Waals surface area contributed by atoms with Crippen LogP contribution in [0.5, 0.6) is 0 Å². The molecule has 0 aliphatic heterocycles. The molecular weight excluding hydrogens is 295 g/mol. The van der Waals surface area contributed by atoms with Gasteiger partial charge in [-0.25, -0.2) is 8.42 Å². The van der Waals surface area contributed by atoms with Gasteiger partial charge in [0.2, 0.25) is 9.05 Å². The van der Waals surface area contributed by atoms with Crippen molar-refractivity contribution >= 4 is 31.3 Å². The van der Waals surface area contributed by atoms with E-state index in [-0.39, 0.29) is 5.75 Å². The predicted molar refractivity (Wildman–Crippen MR) is 74.6 cm³/mol. The van der Waals surface area contributed by atoms with E-state index in [0.29, 0.717) is 24.7 Å². The fourth-order valence-corrected chi connectivity index (χ4v) is 2.43. The molecule has 0 bridgehead atoms. The number of ether oxygens (including phenoxy) is 1. The van der Waals surface area contributed by atoms with Crippen LogP contribution in [0.1, 0.15) is 24.8 Å². The predicted octanol–water partition coefficient (Wildman–Crippen LogP) is 3.60. The second-order valence-corrected chi connectivity index (χ2v) is 7.32. The zero-order valence-corrected chi connectivity index (χ0v) is 12.3. The van der Waals surface area contributed by atoms with Gasteiger partial charge in [-0.2, -0.15) is 0 Å². The molecule has 0 saturated carbocycles. The van der Waals surface area contributed by atoms with Gasteiger partial charge < -0.3 is 4.74 Å². The number of halogens is 2. The Kier molecular flexibility index (Phi) is 7.00. The summed E-state index contributed by atoms with van der Waals surface area (Å²) >= 11 is 5.77. The molecule has 1 rings (SSSR count). The van der Waals surface area contributed by atoms with Crippen molar-refractivity contribution in [3.8, 4) is 0 Å². The third-order valence-electron chi connectivity index (χ3n) is 2.36. The Morgan fingerprint density at radius 1 is 1.06 bits per heavy atom. The van der Waals surface area contributed by atoms with Gasteiger partial charge in [-0.1, -0.05) is 30.2 Å². The van der Waals surface area contributed by atoms with Gasteiger partial charge in [0, 0.05) is 22.3 Å². The zero-order chi connectivity index (χ0) is 13.4. The van der Waals surface area contributed by atoms with Crippen LogP contribution in [-0.4, -0.2) is 20.8 Å². The highest BCUT2D eigenvalue weighted by molar-refractivity contribution is 8.13. The minimum Gasteiger partial charge on any atom is -0.377 e. The van der Waals surface area contributed by atoms with E-state index in [9.17, 15) is 8.42 Å². The summed E-state index contributed by atoms with van der Waals surface area (Å²) in [5.74, 6) is 0.0335. The van der Waals surface area contributed by atoms with Crippen molar-refractivity contribution < 1.29 is 13.2 Å². The maximum absolute atomic E-state index is 10.7. The molecule has 102 valence electrons. The van der Waals surface area contributed by atoms with Gasteiger partial charge in [0.25, 0.3) is 0 Å². The molecule has 0 saturated heterocycles. The number of hydrogen-bond acceptors (Lipinski definition) is 3. The second kappa shape index (κ2) is 8.00. The van der Waals surface area contributed by atoms with Crippen molar-refractivity contribution in [3.63, 3.8) is 0 Å². The van der Waals surface area contributed by atoms with Crippen molar-refractivity contribution in [2.24, 2.45) is 0 Å². The average molecular weight is 311 g/mol. The summed E-state index contributed by atoms with van der Waals surface area (Å²) in [4.78, 5) is 0. The molecule has 0 radical (unpaired) electrons. The summed E-state index contributed by atoms with van der Waals surface area (Å²) in [6.45, 7) is 1.16. The molecule has 18 heavy (non-hydrogen) atoms. The molecule has 0 aromatic heterocycles. The van der Waals surface area contributed by atoms with Crippen LogP contribution >= 0.6 is 22.3 Å². The first-order chi connectivity index (χ1) is 8.47. The molecule has 0 aliphatic rings. The minimum atomic E-state index is -3.35. The lowest BCUT2D eigenvalue weighted by molar-refractivity contribution is 0.117. The third kappa shape index (κ3) is 7.93. The van der Waals surface area contributed by atoms with Crippen LogP contribution in [0.2, 0.25) is 5.02 Å². The van der Waals surface area contributed by atoms with Gasteiger partial charge in [-0.15, -0.1) is 0 Å². The summed E-state index contributed by atoms with van der Waals surface area (Å²) in [5.41, 5.74) is 1.07. The monoisotopic (exact) mass is 310 g/mol. The Morgan fingerprint density at radius 3 is 2.33 bits per heavy atom. The van der Waals surface area contributed by atoms with Crippen LogP contribution in [0.25, 0.3) is 0 Å². The summed E-state index contributed by atoms with van der Waals surface area (Å²) in [5, 5.41) is 0.709. The van der Waals surface area contributed by atoms with Crippen LogP contribution in [0.3, 0.4) is 0 Å². The van der Waals surface area contributed by atoms with Crippen molar-refractivity contribution in [2.45, 2.75) is 25.9 Å². The van der Waals surface area contributed by atoms with Crippen LogP contribution in [0, 0.1) is 0 Å². The molecule has 0 aliphatic carbocycles. The first-order valence-electron chi connectivity index (χ1n) is 5.72. The van der Waals surface area contributed by atoms with Gasteiger partial charge in [0.15, 0.2) is 0 Å². The van der Waals surface area contributed by atoms with Crippen LogP contribution in [-0.2, 0) is 20.4 Å². The number of hydrogen-bond donors (Lipinski definition) is 0. The van der Waals surface area contributed by atoms with E-state index in [1.54, 1.807) is 0 Å². The first kappa shape index (κ1) is 15.8. The summed E-state index contributed by atoms with van der Waals surface area (Å²) in [7, 11) is 1.75. The third-order valence-corrected chi connectivity index (χ3v) is 3.85. The molecule has 6 heteroatoms. The smallest absolute Gasteiger partial charge is 0.232 e. The van der Waals surface area contributed by atoms with Gasteiger partial charge in [-0.3, -0.25) is 0 Å². The van der Waals surface area contributed by atoms with Crippen molar-refractivity contribution in [2.75, 3.05) is 12.4 Å². The van der Waals surface area contributed by atoms with Gasteiger partial charge in [0.1, 0.15) is 0 Å². The first-order valence-corrected chi connectivity index (χ1v) is 8.57. The second-order valence-electron chi connectivity index (χ2n) is 3.98. The lowest BCUT2D eigenvalue weighted by Gasteiger charge is -2.04. The maximum atomic E-state index is 10.7. The fourth-order valence-electron chi connectivity index (χ4n) is 1.43. The fraction of sp³-hybridized carbons (Fsp3) is 0.500. The van der Waals surface area contributed by atoms with Crippen molar-refractivity contribution in [1.82, 2.24) is 0 Å². The van der Waals surface area contributed by atoms with E-state index in [1.807, 2.05) is 24.3 Å². The SMILES string of the molecule is O=S(=O)(Cl)CCCCCOCc1ccc(Cl)cc1.